The van der Waals surface area contributed by atoms with Crippen LogP contribution in [-0.4, -0.2) is 278 Å². The van der Waals surface area contributed by atoms with Crippen molar-refractivity contribution in [2.75, 3.05) is 85.4 Å². The van der Waals surface area contributed by atoms with Crippen molar-refractivity contribution in [3.8, 4) is 0 Å². The number of β-amino-alcohol motifs (C(OH)–C–C–N with tert-alkyl or cyclic N) is 1. The molecule has 19 unspecified atom stereocenters. The lowest BCUT2D eigenvalue weighted by Crippen LogP contribution is -2.65. The number of ether oxygens (including phenoxy) is 4. The van der Waals surface area contributed by atoms with Crippen LogP contribution in [0.4, 0.5) is 5.69 Å². The van der Waals surface area contributed by atoms with Crippen LogP contribution in [0.5, 0.6) is 0 Å². The van der Waals surface area contributed by atoms with E-state index < -0.39 is 178 Å². The first-order chi connectivity index (χ1) is 46.1. The molecule has 4 aliphatic rings. The van der Waals surface area contributed by atoms with Crippen LogP contribution < -0.4 is 16.0 Å². The highest BCUT2D eigenvalue weighted by atomic mass is 16.7. The third kappa shape index (κ3) is 29.6. The summed E-state index contributed by atoms with van der Waals surface area (Å²) in [4.78, 5) is 73.0. The van der Waals surface area contributed by atoms with Crippen LogP contribution in [0.2, 0.25) is 0 Å². The fraction of sp³-hybridized carbons (Fsp3) is 0.648. The van der Waals surface area contributed by atoms with E-state index in [1.54, 1.807) is 117 Å². The van der Waals surface area contributed by atoms with Gasteiger partial charge < -0.3 is 96.0 Å². The van der Waals surface area contributed by atoms with Gasteiger partial charge in [-0.15, -0.1) is 0 Å². The quantitative estimate of drug-likeness (QED) is 0.0681. The average molecular weight is 1370 g/mol. The van der Waals surface area contributed by atoms with E-state index in [0.29, 0.717) is 51.3 Å². The first kappa shape index (κ1) is 81.9. The molecule has 544 valence electrons. The number of rotatable bonds is 19. The molecule has 2 bridgehead atoms. The van der Waals surface area contributed by atoms with Crippen molar-refractivity contribution < 1.29 is 99.1 Å². The zero-order valence-electron chi connectivity index (χ0n) is 57.1. The van der Waals surface area contributed by atoms with Crippen LogP contribution in [-0.2, 0) is 38.1 Å². The van der Waals surface area contributed by atoms with Gasteiger partial charge in [-0.1, -0.05) is 98.9 Å². The van der Waals surface area contributed by atoms with Gasteiger partial charge in [0.25, 0.3) is 0 Å². The molecule has 1 aromatic carbocycles. The third-order valence-corrected chi connectivity index (χ3v) is 17.8. The molecule has 4 aliphatic heterocycles. The number of Topliss-reactive ketones (excluding diaryl/α,β-unsaturated/α-hetero) is 2. The fourth-order valence-electron chi connectivity index (χ4n) is 12.5. The number of piperazine rings is 1. The number of anilines is 1. The average Bonchev–Trinajstić information content (AvgIpc) is 0.788. The molecule has 0 radical (unpaired) electrons. The van der Waals surface area contributed by atoms with Crippen LogP contribution in [0.25, 0.3) is 0 Å². The zero-order valence-corrected chi connectivity index (χ0v) is 57.1. The van der Waals surface area contributed by atoms with Crippen molar-refractivity contribution in [2.24, 2.45) is 17.8 Å². The van der Waals surface area contributed by atoms with E-state index in [0.717, 1.165) is 5.69 Å². The molecule has 0 saturated carbocycles. The summed E-state index contributed by atoms with van der Waals surface area (Å²) in [7, 11) is 5.39. The van der Waals surface area contributed by atoms with Crippen LogP contribution in [0.1, 0.15) is 108 Å². The molecular weight excluding hydrogens is 1260 g/mol. The molecule has 5 rings (SSSR count). The van der Waals surface area contributed by atoms with Gasteiger partial charge in [0.2, 0.25) is 11.8 Å². The standard InChI is InChI=1S/C71H110N6O20/c1-46-19-17-15-13-11-9-7-8-10-12-14-16-18-20-58(95-70-67(91)65(66(90)48(3)94-70)74-62(88)45-77-31-29-76(30-32-77)33-34-78)42-61-64(69(92)73-27-28-75(5)6)60(87)44-71(93,97-61)43-57(85)39-55(83)37-53(81)35-52(80)36-54(82)38-56(84)41-63(89)96-68(46)47(2)21-26-51(79)40-59(86)49-22-24-50(72-4)25-23-49/h7-20,22-25,46-48,51-53,55-58,60-61,64-68,70,72,78-81,83-85,87,90-91,93H,21,26-45H2,1-6H3,(H,73,92)(H,74,88)/b8-7+,11-9+,12-10+,15-13+,16-14+,19-17+,20-18+. The van der Waals surface area contributed by atoms with Crippen LogP contribution in [0.3, 0.4) is 0 Å². The van der Waals surface area contributed by atoms with E-state index in [9.17, 15) is 80.1 Å². The zero-order chi connectivity index (χ0) is 71.2. The number of fused-ring (bicyclic) bond motifs is 2. The third-order valence-electron chi connectivity index (χ3n) is 17.8. The molecular formula is C71H110N6O20. The van der Waals surface area contributed by atoms with Crippen LogP contribution >= 0.6 is 0 Å². The molecule has 1 aromatic rings. The Morgan fingerprint density at radius 3 is 1.91 bits per heavy atom. The maximum Gasteiger partial charge on any atom is 0.308 e. The first-order valence-corrected chi connectivity index (χ1v) is 34.0. The van der Waals surface area contributed by atoms with Crippen molar-refractivity contribution in [3.05, 3.63) is 115 Å². The molecule has 26 nitrogen and oxygen atoms in total. The van der Waals surface area contributed by atoms with Gasteiger partial charge >= 0.3 is 5.97 Å². The number of nitrogens with zero attached hydrogens (tertiary/aromatic N) is 3. The van der Waals surface area contributed by atoms with Crippen molar-refractivity contribution in [1.82, 2.24) is 25.3 Å². The largest absolute Gasteiger partial charge is 0.461 e. The molecule has 19 atom stereocenters. The Bertz CT molecular complexity index is 2770. The van der Waals surface area contributed by atoms with Gasteiger partial charge in [-0.3, -0.25) is 33.8 Å². The van der Waals surface area contributed by atoms with Gasteiger partial charge in [0.1, 0.15) is 24.1 Å². The Morgan fingerprint density at radius 1 is 0.722 bits per heavy atom. The minimum absolute atomic E-state index is 0.0135. The lowest BCUT2D eigenvalue weighted by atomic mass is 9.82. The number of carbonyl (C=O) groups is 5. The Balaban J connectivity index is 1.39. The topological polar surface area (TPSA) is 391 Å². The number of aliphatic hydroxyl groups is 11. The number of hydrogen-bond donors (Lipinski definition) is 14. The first-order valence-electron chi connectivity index (χ1n) is 34.0. The molecule has 3 fully saturated rings. The molecule has 97 heavy (non-hydrogen) atoms. The summed E-state index contributed by atoms with van der Waals surface area (Å²) < 4.78 is 24.8. The normalized spacial score (nSPS) is 34.8. The Hall–Kier alpha value is -5.73. The Morgan fingerprint density at radius 2 is 1.30 bits per heavy atom. The van der Waals surface area contributed by atoms with Gasteiger partial charge in [0.05, 0.1) is 92.6 Å². The molecule has 0 aromatic heterocycles. The number of carbonyl (C=O) groups excluding carboxylic acids is 5. The highest BCUT2D eigenvalue weighted by Gasteiger charge is 2.51. The Labute approximate surface area is 570 Å². The predicted molar refractivity (Wildman–Crippen MR) is 363 cm³/mol. The number of nitrogens with one attached hydrogen (secondary N) is 3. The molecule has 14 N–H and O–H groups in total. The molecule has 0 aliphatic carbocycles. The van der Waals surface area contributed by atoms with E-state index in [1.807, 2.05) is 43.8 Å². The maximum absolute atomic E-state index is 14.1. The second-order valence-electron chi connectivity index (χ2n) is 26.5. The summed E-state index contributed by atoms with van der Waals surface area (Å²) in [6, 6.07) is 5.64. The summed E-state index contributed by atoms with van der Waals surface area (Å²) in [6.45, 7) is 8.74. The van der Waals surface area contributed by atoms with Crippen LogP contribution in [0.15, 0.2) is 109 Å². The molecule has 26 heteroatoms. The number of likely N-dealkylation sites (N-methyl/N-ethyl adjacent to an activating group) is 1. The Kier molecular flexibility index (Phi) is 35.8. The van der Waals surface area contributed by atoms with E-state index in [-0.39, 0.29) is 56.6 Å². The highest BCUT2D eigenvalue weighted by molar-refractivity contribution is 5.96. The summed E-state index contributed by atoms with van der Waals surface area (Å²) in [5, 5.41) is 131. The number of ketones is 2. The number of esters is 1. The van der Waals surface area contributed by atoms with Crippen LogP contribution in [0, 0.1) is 17.8 Å². The fourth-order valence-corrected chi connectivity index (χ4v) is 12.5. The van der Waals surface area contributed by atoms with Crippen molar-refractivity contribution >= 4 is 35.0 Å². The molecule has 4 heterocycles. The van der Waals surface area contributed by atoms with E-state index in [2.05, 4.69) is 20.9 Å². The lowest BCUT2D eigenvalue weighted by molar-refractivity contribution is -0.307. The number of hydrogen-bond acceptors (Lipinski definition) is 24. The van der Waals surface area contributed by atoms with Crippen molar-refractivity contribution in [3.63, 3.8) is 0 Å². The summed E-state index contributed by atoms with van der Waals surface area (Å²) in [5.74, 6) is -7.13. The number of cyclic esters (lactones) is 1. The van der Waals surface area contributed by atoms with Gasteiger partial charge in [0.15, 0.2) is 17.9 Å². The van der Waals surface area contributed by atoms with Gasteiger partial charge in [-0.25, -0.2) is 0 Å². The number of allylic oxidation sites excluding steroid dienone is 12. The van der Waals surface area contributed by atoms with Gasteiger partial charge in [-0.05, 0) is 83.3 Å². The van der Waals surface area contributed by atoms with E-state index in [1.165, 1.54) is 0 Å². The second kappa shape index (κ2) is 42.4. The highest BCUT2D eigenvalue weighted by Crippen LogP contribution is 2.38. The van der Waals surface area contributed by atoms with Crippen molar-refractivity contribution in [2.45, 2.75) is 195 Å². The van der Waals surface area contributed by atoms with Gasteiger partial charge in [0, 0.05) is 109 Å². The summed E-state index contributed by atoms with van der Waals surface area (Å²) in [6.07, 6.45) is 1.93. The summed E-state index contributed by atoms with van der Waals surface area (Å²) in [5.41, 5.74) is 1.30. The number of aliphatic hydroxyl groups excluding tert-OH is 10. The molecule has 0 spiro atoms. The minimum Gasteiger partial charge on any atom is -0.461 e. The SMILES string of the molecule is CNc1ccc(C(=O)CC(O)CCC(C)C2OC(=O)CC(O)CC(=O)CC(O)CC(O)CC(O)CC(O)CC3(O)CC(O)C(C(=O)NCCN(C)C)C(CC(OC4OC(C)C(O)C(NC(=O)CN5CCN(CCO)CC5)C4O)/C=C/C=C/C=C/C=C/C=C/C=C/C=C/C2C)O3)cc1. The maximum atomic E-state index is 14.1. The van der Waals surface area contributed by atoms with E-state index >= 15 is 0 Å². The van der Waals surface area contributed by atoms with Crippen molar-refractivity contribution in [1.29, 1.82) is 0 Å². The molecule has 3 saturated heterocycles. The number of benzene rings is 1. The lowest BCUT2D eigenvalue weighted by Gasteiger charge is -2.46. The van der Waals surface area contributed by atoms with E-state index in [4.69, 9.17) is 18.9 Å². The van der Waals surface area contributed by atoms with Gasteiger partial charge in [-0.2, -0.15) is 0 Å². The number of amides is 2. The molecule has 2 amide bonds. The smallest absolute Gasteiger partial charge is 0.308 e. The monoisotopic (exact) mass is 1370 g/mol. The second-order valence-corrected chi connectivity index (χ2v) is 26.5. The predicted octanol–water partition coefficient (Wildman–Crippen LogP) is 1.11. The summed E-state index contributed by atoms with van der Waals surface area (Å²) >= 11 is 0. The minimum atomic E-state index is -2.33.